The minimum atomic E-state index is -5.52. The number of aliphatic hydroxyl groups excluding tert-OH is 1. The normalized spacial score (nSPS) is 15.2. The first-order valence-electron chi connectivity index (χ1n) is 14.3. The predicted molar refractivity (Wildman–Crippen MR) is 151 cm³/mol. The second kappa shape index (κ2) is 14.2. The molecule has 0 radical (unpaired) electrons. The second-order valence-corrected chi connectivity index (χ2v) is 11.0. The Hall–Kier alpha value is -4.74. The van der Waals surface area contributed by atoms with Crippen molar-refractivity contribution < 1.29 is 64.1 Å². The molecule has 0 spiro atoms. The molecule has 260 valence electrons. The maximum Gasteiger partial charge on any atom is 0.491 e. The number of nitrogens with zero attached hydrogens (tertiary/aromatic N) is 3. The van der Waals surface area contributed by atoms with Gasteiger partial charge in [0.25, 0.3) is 5.91 Å². The highest BCUT2D eigenvalue weighted by atomic mass is 19.4. The summed E-state index contributed by atoms with van der Waals surface area (Å²) in [6, 6.07) is 4.01. The van der Waals surface area contributed by atoms with E-state index in [1.807, 2.05) is 0 Å². The van der Waals surface area contributed by atoms with Crippen molar-refractivity contribution >= 4 is 29.2 Å². The molecule has 2 N–H and O–H groups in total. The van der Waals surface area contributed by atoms with Crippen LogP contribution < -0.4 is 15.0 Å². The van der Waals surface area contributed by atoms with E-state index in [9.17, 15) is 54.6 Å². The van der Waals surface area contributed by atoms with E-state index in [0.717, 1.165) is 24.4 Å². The smallest absolute Gasteiger partial charge is 0.489 e. The van der Waals surface area contributed by atoms with Crippen molar-refractivity contribution in [3.05, 3.63) is 70.5 Å². The van der Waals surface area contributed by atoms with Crippen LogP contribution in [0.15, 0.2) is 36.5 Å². The zero-order chi connectivity index (χ0) is 35.6. The number of esters is 2. The van der Waals surface area contributed by atoms with E-state index in [0.29, 0.717) is 12.1 Å². The number of hydrogen-bond acceptors (Lipinski definition) is 8. The summed E-state index contributed by atoms with van der Waals surface area (Å²) < 4.78 is 119. The highest BCUT2D eigenvalue weighted by molar-refractivity contribution is 6.06. The van der Waals surface area contributed by atoms with Gasteiger partial charge < -0.3 is 24.8 Å². The number of hydrogen-bond donors (Lipinski definition) is 2. The van der Waals surface area contributed by atoms with Gasteiger partial charge in [-0.15, -0.1) is 0 Å². The number of ether oxygens (including phenoxy) is 2. The van der Waals surface area contributed by atoms with Gasteiger partial charge in [-0.3, -0.25) is 14.3 Å². The molecular weight excluding hydrogens is 664 g/mol. The molecule has 1 atom stereocenters. The number of aliphatic hydroxyl groups is 1. The number of carbonyl (C=O) groups excluding carboxylic acids is 3. The Kier molecular flexibility index (Phi) is 10.7. The average Bonchev–Trinajstić information content (AvgIpc) is 3.59. The minimum Gasteiger partial charge on any atom is -0.489 e. The minimum absolute atomic E-state index is 0.0299. The molecule has 2 aromatic carbocycles. The zero-order valence-electron chi connectivity index (χ0n) is 25.2. The van der Waals surface area contributed by atoms with E-state index in [1.165, 1.54) is 9.58 Å². The molecule has 48 heavy (non-hydrogen) atoms. The largest absolute Gasteiger partial charge is 0.491 e. The van der Waals surface area contributed by atoms with E-state index in [2.05, 4.69) is 15.2 Å². The van der Waals surface area contributed by atoms with Crippen LogP contribution in [-0.4, -0.2) is 64.7 Å². The number of alkyl halides is 6. The molecule has 1 saturated heterocycles. The molecule has 1 amide bonds. The first kappa shape index (κ1) is 36.1. The van der Waals surface area contributed by atoms with Gasteiger partial charge in [-0.25, -0.2) is 13.6 Å². The molecule has 10 nitrogen and oxygen atoms in total. The molecule has 1 aliphatic rings. The Labute approximate surface area is 267 Å². The molecule has 4 rings (SSSR count). The van der Waals surface area contributed by atoms with Crippen molar-refractivity contribution in [2.24, 2.45) is 0 Å². The summed E-state index contributed by atoms with van der Waals surface area (Å²) in [5.41, 5.74) is -2.74. The average molecular weight is 693 g/mol. The lowest BCUT2D eigenvalue weighted by Gasteiger charge is -2.25. The number of carbonyl (C=O) groups is 3. The zero-order valence-corrected chi connectivity index (χ0v) is 25.2. The van der Waals surface area contributed by atoms with Gasteiger partial charge >= 0.3 is 24.3 Å². The Bertz CT molecular complexity index is 1690. The summed E-state index contributed by atoms with van der Waals surface area (Å²) in [5.74, 6) is -8.05. The number of amides is 1. The molecule has 18 heteroatoms. The van der Waals surface area contributed by atoms with E-state index in [1.54, 1.807) is 13.8 Å². The predicted octanol–water partition coefficient (Wildman–Crippen LogP) is 5.38. The third-order valence-corrected chi connectivity index (χ3v) is 7.18. The van der Waals surface area contributed by atoms with Crippen LogP contribution in [0.25, 0.3) is 0 Å². The van der Waals surface area contributed by atoms with Crippen LogP contribution in [0.3, 0.4) is 0 Å². The van der Waals surface area contributed by atoms with Gasteiger partial charge in [0.05, 0.1) is 47.8 Å². The van der Waals surface area contributed by atoms with E-state index < -0.39 is 71.5 Å². The Balaban J connectivity index is 1.65. The van der Waals surface area contributed by atoms with Gasteiger partial charge in [0, 0.05) is 24.8 Å². The second-order valence-electron chi connectivity index (χ2n) is 11.0. The lowest BCUT2D eigenvalue weighted by Crippen LogP contribution is -2.29. The summed E-state index contributed by atoms with van der Waals surface area (Å²) in [4.78, 5) is 38.2. The number of β-amino-alcohol motifs (C(OH)–C–C–N with tert-alkyl or cyclic N) is 1. The van der Waals surface area contributed by atoms with Crippen LogP contribution in [0.5, 0.6) is 5.75 Å². The lowest BCUT2D eigenvalue weighted by molar-refractivity contribution is -0.201. The van der Waals surface area contributed by atoms with Crippen molar-refractivity contribution in [3.63, 3.8) is 0 Å². The van der Waals surface area contributed by atoms with Gasteiger partial charge in [0.2, 0.25) is 0 Å². The topological polar surface area (TPSA) is 123 Å². The first-order chi connectivity index (χ1) is 22.3. The van der Waals surface area contributed by atoms with Crippen LogP contribution in [0.1, 0.15) is 53.4 Å². The van der Waals surface area contributed by atoms with Crippen LogP contribution >= 0.6 is 0 Å². The van der Waals surface area contributed by atoms with E-state index >= 15 is 0 Å². The van der Waals surface area contributed by atoms with Crippen molar-refractivity contribution in [3.8, 4) is 5.75 Å². The van der Waals surface area contributed by atoms with Crippen LogP contribution in [0, 0.1) is 11.6 Å². The molecule has 0 aliphatic carbocycles. The molecule has 0 bridgehead atoms. The SMILES string of the molecule is CC(C)c1c(C(=O)Nc2cc(CC(=O)OC(=O)C(F)(F)F)c(N3CC[C@@H](O)C3)cc2C(F)(F)F)cnn1CCOc1ccc(F)cc1F. The van der Waals surface area contributed by atoms with Gasteiger partial charge in [-0.2, -0.15) is 31.4 Å². The maximum atomic E-state index is 14.3. The third-order valence-electron chi connectivity index (χ3n) is 7.18. The highest BCUT2D eigenvalue weighted by Gasteiger charge is 2.43. The van der Waals surface area contributed by atoms with Crippen LogP contribution in [0.4, 0.5) is 46.5 Å². The van der Waals surface area contributed by atoms with Crippen molar-refractivity contribution in [2.75, 3.05) is 29.9 Å². The van der Waals surface area contributed by atoms with E-state index in [-0.39, 0.29) is 60.9 Å². The molecular formula is C30H28F8N4O6. The number of anilines is 2. The summed E-state index contributed by atoms with van der Waals surface area (Å²) in [7, 11) is 0. The van der Waals surface area contributed by atoms with Gasteiger partial charge in [-0.05, 0) is 42.2 Å². The van der Waals surface area contributed by atoms with Crippen LogP contribution in [0.2, 0.25) is 0 Å². The molecule has 1 aliphatic heterocycles. The fourth-order valence-electron chi connectivity index (χ4n) is 5.10. The first-order valence-corrected chi connectivity index (χ1v) is 14.3. The highest BCUT2D eigenvalue weighted by Crippen LogP contribution is 2.41. The third kappa shape index (κ3) is 8.59. The Morgan fingerprint density at radius 1 is 1.08 bits per heavy atom. The summed E-state index contributed by atoms with van der Waals surface area (Å²) in [6.07, 6.45) is -11.4. The number of nitrogens with one attached hydrogen (secondary N) is 1. The van der Waals surface area contributed by atoms with E-state index in [4.69, 9.17) is 4.74 Å². The van der Waals surface area contributed by atoms with Crippen molar-refractivity contribution in [1.82, 2.24) is 9.78 Å². The van der Waals surface area contributed by atoms with Crippen LogP contribution in [-0.2, 0) is 33.5 Å². The monoisotopic (exact) mass is 692 g/mol. The number of halogens is 8. The maximum absolute atomic E-state index is 14.3. The lowest BCUT2D eigenvalue weighted by atomic mass is 10.0. The molecule has 2 heterocycles. The van der Waals surface area contributed by atoms with Gasteiger partial charge in [0.15, 0.2) is 11.6 Å². The summed E-state index contributed by atoms with van der Waals surface area (Å²) >= 11 is 0. The Morgan fingerprint density at radius 3 is 2.38 bits per heavy atom. The molecule has 0 saturated carbocycles. The van der Waals surface area contributed by atoms with Crippen molar-refractivity contribution in [1.29, 1.82) is 0 Å². The molecule has 0 unspecified atom stereocenters. The quantitative estimate of drug-likeness (QED) is 0.165. The van der Waals surface area contributed by atoms with Gasteiger partial charge in [-0.1, -0.05) is 13.8 Å². The number of aromatic nitrogens is 2. The standard InChI is InChI=1S/C30H28F8N4O6/c1-15(2)26-19(13-39-42(26)7-8-47-24-4-3-17(31)11-21(24)32)27(45)40-22-9-16(10-25(44)48-28(46)30(36,37)38)23(12-20(22)29(33,34)35)41-6-5-18(43)14-41/h3-4,9,11-13,15,18,43H,5-8,10,14H2,1-2H3,(H,40,45)/t18-/m1/s1. The molecule has 3 aromatic rings. The summed E-state index contributed by atoms with van der Waals surface area (Å²) in [6.45, 7) is 2.95. The van der Waals surface area contributed by atoms with Gasteiger partial charge in [0.1, 0.15) is 12.4 Å². The number of rotatable bonds is 10. The number of benzene rings is 2. The molecule has 1 fully saturated rings. The van der Waals surface area contributed by atoms with Crippen molar-refractivity contribution in [2.45, 2.75) is 57.6 Å². The molecule has 1 aromatic heterocycles. The summed E-state index contributed by atoms with van der Waals surface area (Å²) in [5, 5.41) is 16.2. The fourth-order valence-corrected chi connectivity index (χ4v) is 5.10. The Morgan fingerprint density at radius 2 is 1.79 bits per heavy atom. The fraction of sp³-hybridized carbons (Fsp3) is 0.400.